The lowest BCUT2D eigenvalue weighted by molar-refractivity contribution is 0.102. The molecule has 350 valence electrons. The second-order valence-electron chi connectivity index (χ2n) is 14.8. The van der Waals surface area contributed by atoms with Gasteiger partial charge in [-0.15, -0.1) is 25.6 Å². The Kier molecular flexibility index (Phi) is 12.6. The molecule has 21 nitrogen and oxygen atoms in total. The number of carbonyl (C=O) groups is 1. The van der Waals surface area contributed by atoms with Crippen molar-refractivity contribution in [2.75, 3.05) is 25.3 Å². The van der Waals surface area contributed by atoms with Crippen molar-refractivity contribution in [3.05, 3.63) is 133 Å². The number of nitrogens with zero attached hydrogens (tertiary/aromatic N) is 6. The SMILES string of the molecule is COc1cc(N=Nc2ccc(N=Nc3ccc4cc(S(=O)(=O)O)ccc4c3)c3ccc(S(=O)(=O)O)cc23)c(OC)cc1N=Nc1c(S(=O)(=O)O)cc2cc(NC(=O)c3ccc(N)cc3)ccc2c1O. The summed E-state index contributed by atoms with van der Waals surface area (Å²) in [7, 11) is -11.5. The highest BCUT2D eigenvalue weighted by Gasteiger charge is 2.23. The van der Waals surface area contributed by atoms with Crippen LogP contribution in [0.5, 0.6) is 17.2 Å². The van der Waals surface area contributed by atoms with Crippen molar-refractivity contribution in [2.24, 2.45) is 30.7 Å². The lowest BCUT2D eigenvalue weighted by Gasteiger charge is -2.12. The molecule has 8 aromatic rings. The first-order chi connectivity index (χ1) is 32.7. The predicted octanol–water partition coefficient (Wildman–Crippen LogP) is 10.7. The zero-order chi connectivity index (χ0) is 49.4. The van der Waals surface area contributed by atoms with E-state index >= 15 is 0 Å². The summed E-state index contributed by atoms with van der Waals surface area (Å²) in [5.41, 5.74) is 6.84. The van der Waals surface area contributed by atoms with E-state index in [-0.39, 0.29) is 61.0 Å². The van der Waals surface area contributed by atoms with E-state index in [4.69, 9.17) is 15.2 Å². The summed E-state index contributed by atoms with van der Waals surface area (Å²) in [5.74, 6) is -1.11. The van der Waals surface area contributed by atoms with Crippen LogP contribution in [-0.4, -0.2) is 64.1 Å². The number of phenols is 1. The molecular weight excluding hydrogens is 957 g/mol. The van der Waals surface area contributed by atoms with E-state index in [0.717, 1.165) is 6.07 Å². The topological polar surface area (TPSA) is 331 Å². The minimum absolute atomic E-state index is 0.00510. The number of hydrogen-bond donors (Lipinski definition) is 6. The number of benzene rings is 8. The van der Waals surface area contributed by atoms with Crippen LogP contribution >= 0.6 is 0 Å². The van der Waals surface area contributed by atoms with Crippen LogP contribution in [0.25, 0.3) is 32.3 Å². The highest BCUT2D eigenvalue weighted by atomic mass is 32.2. The van der Waals surface area contributed by atoms with Gasteiger partial charge < -0.3 is 25.6 Å². The van der Waals surface area contributed by atoms with Crippen LogP contribution in [0.15, 0.2) is 173 Å². The molecule has 8 aromatic carbocycles. The summed E-state index contributed by atoms with van der Waals surface area (Å²) in [6.07, 6.45) is 0. The number of amides is 1. The minimum atomic E-state index is -5.04. The Morgan fingerprint density at radius 1 is 0.522 bits per heavy atom. The molecule has 1 amide bonds. The van der Waals surface area contributed by atoms with Crippen LogP contribution in [0.2, 0.25) is 0 Å². The molecule has 0 aliphatic carbocycles. The quantitative estimate of drug-likeness (QED) is 0.0355. The summed E-state index contributed by atoms with van der Waals surface area (Å²) in [5, 5.41) is 41.3. The lowest BCUT2D eigenvalue weighted by atomic mass is 10.1. The fourth-order valence-electron chi connectivity index (χ4n) is 6.97. The number of carbonyl (C=O) groups excluding carboxylic acids is 1. The maximum Gasteiger partial charge on any atom is 0.296 e. The van der Waals surface area contributed by atoms with Crippen LogP contribution in [0.4, 0.5) is 45.5 Å². The molecular formula is C45H34N8O13S3. The zero-order valence-electron chi connectivity index (χ0n) is 35.6. The highest BCUT2D eigenvalue weighted by molar-refractivity contribution is 7.86. The Morgan fingerprint density at radius 2 is 1.07 bits per heavy atom. The smallest absolute Gasteiger partial charge is 0.296 e. The molecule has 0 saturated carbocycles. The molecule has 0 saturated heterocycles. The van der Waals surface area contributed by atoms with E-state index in [0.29, 0.717) is 33.1 Å². The number of anilines is 2. The standard InChI is InChI=1S/C45H34N8O13S3/c1-65-40-23-39(52-53-43-42(69(62,63)64)20-27-18-29(10-13-33(27)44(43)54)47-45(55)24-3-7-28(46)8-4-24)41(66-2)22-38(40)51-50-37-16-15-36(34-14-12-32(21-35(34)37)68(59,60)61)49-48-30-9-5-26-19-31(67(56,57)58)11-6-25(26)17-30/h3-23,54H,46H2,1-2H3,(H,47,55)(H,56,57,58)(H,59,60,61)(H,62,63,64). The number of nitrogens with two attached hydrogens (primary N) is 1. The third-order valence-electron chi connectivity index (χ3n) is 10.4. The van der Waals surface area contributed by atoms with Gasteiger partial charge in [-0.25, -0.2) is 0 Å². The second kappa shape index (κ2) is 18.4. The minimum Gasteiger partial charge on any atom is -0.505 e. The maximum absolute atomic E-state index is 12.8. The number of nitrogens with one attached hydrogen (secondary N) is 1. The van der Waals surface area contributed by atoms with Crippen molar-refractivity contribution in [1.82, 2.24) is 0 Å². The van der Waals surface area contributed by atoms with E-state index in [1.54, 1.807) is 30.3 Å². The van der Waals surface area contributed by atoms with Gasteiger partial charge in [0, 0.05) is 45.2 Å². The van der Waals surface area contributed by atoms with E-state index in [2.05, 4.69) is 36.0 Å². The van der Waals surface area contributed by atoms with Crippen molar-refractivity contribution in [3.63, 3.8) is 0 Å². The molecule has 0 radical (unpaired) electrons. The Labute approximate surface area is 391 Å². The molecule has 24 heteroatoms. The monoisotopic (exact) mass is 990 g/mol. The second-order valence-corrected chi connectivity index (χ2v) is 19.0. The Bertz CT molecular complexity index is 3870. The summed E-state index contributed by atoms with van der Waals surface area (Å²) in [6, 6.07) is 29.7. The lowest BCUT2D eigenvalue weighted by Crippen LogP contribution is -2.11. The third-order valence-corrected chi connectivity index (χ3v) is 12.9. The van der Waals surface area contributed by atoms with Gasteiger partial charge in [-0.3, -0.25) is 18.5 Å². The molecule has 0 spiro atoms. The van der Waals surface area contributed by atoms with Crippen molar-refractivity contribution >= 4 is 114 Å². The first-order valence-corrected chi connectivity index (χ1v) is 24.0. The Morgan fingerprint density at radius 3 is 1.71 bits per heavy atom. The first kappa shape index (κ1) is 47.2. The largest absolute Gasteiger partial charge is 0.505 e. The number of ether oxygens (including phenoxy) is 2. The molecule has 8 rings (SSSR count). The fraction of sp³-hybridized carbons (Fsp3) is 0.0444. The number of nitrogen functional groups attached to an aromatic ring is 1. The number of hydrogen-bond acceptors (Lipinski definition) is 17. The predicted molar refractivity (Wildman–Crippen MR) is 254 cm³/mol. The molecule has 0 atom stereocenters. The van der Waals surface area contributed by atoms with Crippen molar-refractivity contribution in [1.29, 1.82) is 0 Å². The summed E-state index contributed by atoms with van der Waals surface area (Å²) >= 11 is 0. The molecule has 0 bridgehead atoms. The number of azo groups is 3. The highest BCUT2D eigenvalue weighted by Crippen LogP contribution is 2.45. The van der Waals surface area contributed by atoms with Gasteiger partial charge in [-0.2, -0.15) is 30.4 Å². The van der Waals surface area contributed by atoms with E-state index in [9.17, 15) is 48.8 Å². The molecule has 0 heterocycles. The van der Waals surface area contributed by atoms with Crippen LogP contribution < -0.4 is 20.5 Å². The van der Waals surface area contributed by atoms with Gasteiger partial charge in [0.1, 0.15) is 33.5 Å². The summed E-state index contributed by atoms with van der Waals surface area (Å²) in [4.78, 5) is 11.3. The summed E-state index contributed by atoms with van der Waals surface area (Å²) in [6.45, 7) is 0. The number of aromatic hydroxyl groups is 1. The van der Waals surface area contributed by atoms with Crippen LogP contribution in [0, 0.1) is 0 Å². The molecule has 0 aliphatic rings. The average Bonchev–Trinajstić information content (AvgIpc) is 3.31. The third kappa shape index (κ3) is 10.2. The van der Waals surface area contributed by atoms with Crippen LogP contribution in [-0.2, 0) is 30.4 Å². The fourth-order valence-corrected chi connectivity index (χ4v) is 8.65. The van der Waals surface area contributed by atoms with Gasteiger partial charge in [0.2, 0.25) is 0 Å². The number of methoxy groups -OCH3 is 2. The van der Waals surface area contributed by atoms with Crippen molar-refractivity contribution < 1.29 is 58.3 Å². The maximum atomic E-state index is 12.8. The normalized spacial score (nSPS) is 12.5. The van der Waals surface area contributed by atoms with Gasteiger partial charge in [0.25, 0.3) is 36.3 Å². The van der Waals surface area contributed by atoms with E-state index < -0.39 is 57.5 Å². The average molecular weight is 991 g/mol. The first-order valence-electron chi connectivity index (χ1n) is 19.7. The van der Waals surface area contributed by atoms with Crippen LogP contribution in [0.3, 0.4) is 0 Å². The molecule has 0 unspecified atom stereocenters. The van der Waals surface area contributed by atoms with Gasteiger partial charge in [-0.05, 0) is 113 Å². The Hall–Kier alpha value is -8.26. The molecule has 0 aromatic heterocycles. The van der Waals surface area contributed by atoms with E-state index in [1.165, 1.54) is 105 Å². The van der Waals surface area contributed by atoms with Gasteiger partial charge in [0.15, 0.2) is 5.75 Å². The van der Waals surface area contributed by atoms with Gasteiger partial charge >= 0.3 is 0 Å². The van der Waals surface area contributed by atoms with E-state index in [1.807, 2.05) is 0 Å². The molecule has 7 N–H and O–H groups in total. The van der Waals surface area contributed by atoms with Crippen molar-refractivity contribution in [3.8, 4) is 17.2 Å². The van der Waals surface area contributed by atoms with Crippen LogP contribution in [0.1, 0.15) is 10.4 Å². The number of rotatable bonds is 13. The molecule has 69 heavy (non-hydrogen) atoms. The van der Waals surface area contributed by atoms with Gasteiger partial charge in [0.05, 0.1) is 41.1 Å². The molecule has 0 aliphatic heterocycles. The Balaban J connectivity index is 1.11. The van der Waals surface area contributed by atoms with Crippen molar-refractivity contribution in [2.45, 2.75) is 14.7 Å². The number of phenolic OH excluding ortho intramolecular Hbond substituents is 1. The zero-order valence-corrected chi connectivity index (χ0v) is 38.0. The number of fused-ring (bicyclic) bond motifs is 3. The summed E-state index contributed by atoms with van der Waals surface area (Å²) < 4.78 is 113. The van der Waals surface area contributed by atoms with Gasteiger partial charge in [-0.1, -0.05) is 18.2 Å². The molecule has 0 fully saturated rings.